The summed E-state index contributed by atoms with van der Waals surface area (Å²) in [5, 5.41) is 3.84. The van der Waals surface area contributed by atoms with Crippen LogP contribution in [-0.4, -0.2) is 9.97 Å². The van der Waals surface area contributed by atoms with Crippen molar-refractivity contribution in [3.63, 3.8) is 0 Å². The van der Waals surface area contributed by atoms with Crippen LogP contribution in [0.3, 0.4) is 0 Å². The molecule has 3 aromatic carbocycles. The minimum atomic E-state index is -0.319. The van der Waals surface area contributed by atoms with Crippen LogP contribution in [0.5, 0.6) is 5.75 Å². The second kappa shape index (κ2) is 8.47. The molecule has 4 rings (SSSR count). The molecule has 0 aliphatic carbocycles. The van der Waals surface area contributed by atoms with Gasteiger partial charge in [0.2, 0.25) is 0 Å². The summed E-state index contributed by atoms with van der Waals surface area (Å²) in [6.45, 7) is 0.517. The fourth-order valence-electron chi connectivity index (χ4n) is 2.64. The molecule has 0 amide bonds. The zero-order valence-corrected chi connectivity index (χ0v) is 15.1. The maximum atomic E-state index is 13.5. The van der Waals surface area contributed by atoms with Crippen LogP contribution >= 0.6 is 12.4 Å². The Kier molecular flexibility index (Phi) is 5.84. The molecule has 0 bridgehead atoms. The highest BCUT2D eigenvalue weighted by atomic mass is 35.5. The quantitative estimate of drug-likeness (QED) is 0.495. The Morgan fingerprint density at radius 2 is 1.67 bits per heavy atom. The van der Waals surface area contributed by atoms with Gasteiger partial charge in [-0.1, -0.05) is 30.3 Å². The first kappa shape index (κ1) is 18.6. The molecule has 0 saturated heterocycles. The van der Waals surface area contributed by atoms with Gasteiger partial charge in [0, 0.05) is 11.1 Å². The minimum absolute atomic E-state index is 0. The predicted octanol–water partition coefficient (Wildman–Crippen LogP) is 5.51. The highest BCUT2D eigenvalue weighted by Crippen LogP contribution is 2.25. The molecule has 0 aliphatic rings. The van der Waals surface area contributed by atoms with Crippen molar-refractivity contribution in [2.45, 2.75) is 6.61 Å². The number of hydrogen-bond donors (Lipinski definition) is 1. The molecule has 136 valence electrons. The Morgan fingerprint density at radius 1 is 0.889 bits per heavy atom. The van der Waals surface area contributed by atoms with Crippen LogP contribution in [0.1, 0.15) is 5.56 Å². The Labute approximate surface area is 162 Å². The molecular weight excluding hydrogens is 365 g/mol. The van der Waals surface area contributed by atoms with Gasteiger partial charge >= 0.3 is 0 Å². The highest BCUT2D eigenvalue weighted by molar-refractivity contribution is 5.90. The molecule has 6 heteroatoms. The maximum absolute atomic E-state index is 13.5. The van der Waals surface area contributed by atoms with Crippen LogP contribution in [0.15, 0.2) is 79.1 Å². The van der Waals surface area contributed by atoms with Gasteiger partial charge in [-0.2, -0.15) is 0 Å². The summed E-state index contributed by atoms with van der Waals surface area (Å²) >= 11 is 0. The van der Waals surface area contributed by atoms with Crippen molar-refractivity contribution in [3.8, 4) is 5.75 Å². The molecule has 0 aliphatic heterocycles. The van der Waals surface area contributed by atoms with E-state index in [1.54, 1.807) is 6.07 Å². The maximum Gasteiger partial charge on any atom is 0.141 e. The first-order chi connectivity index (χ1) is 12.8. The van der Waals surface area contributed by atoms with E-state index < -0.39 is 0 Å². The van der Waals surface area contributed by atoms with E-state index in [2.05, 4.69) is 15.3 Å². The lowest BCUT2D eigenvalue weighted by atomic mass is 10.2. The van der Waals surface area contributed by atoms with Crippen molar-refractivity contribution in [1.29, 1.82) is 0 Å². The van der Waals surface area contributed by atoms with E-state index in [4.69, 9.17) is 4.74 Å². The predicted molar refractivity (Wildman–Crippen MR) is 107 cm³/mol. The molecule has 4 aromatic rings. The van der Waals surface area contributed by atoms with Gasteiger partial charge in [0.05, 0.1) is 5.52 Å². The summed E-state index contributed by atoms with van der Waals surface area (Å²) in [6.07, 6.45) is 1.46. The van der Waals surface area contributed by atoms with E-state index in [9.17, 15) is 4.39 Å². The molecule has 0 spiro atoms. The number of anilines is 2. The van der Waals surface area contributed by atoms with Crippen molar-refractivity contribution < 1.29 is 9.13 Å². The SMILES string of the molecule is Cl.Fc1ccc2ncnc(Nc3ccc(OCc4ccccc4)cc3)c2c1. The first-order valence-electron chi connectivity index (χ1n) is 8.22. The van der Waals surface area contributed by atoms with Gasteiger partial charge in [-0.3, -0.25) is 0 Å². The van der Waals surface area contributed by atoms with Crippen molar-refractivity contribution in [3.05, 3.63) is 90.5 Å². The standard InChI is InChI=1S/C21H16FN3O.ClH/c22-16-6-11-20-19(12-16)21(24-14-23-20)25-17-7-9-18(10-8-17)26-13-15-4-2-1-3-5-15;/h1-12,14H,13H2,(H,23,24,25);1H. The van der Waals surface area contributed by atoms with Crippen LogP contribution < -0.4 is 10.1 Å². The summed E-state index contributed by atoms with van der Waals surface area (Å²) in [5.41, 5.74) is 2.64. The smallest absolute Gasteiger partial charge is 0.141 e. The lowest BCUT2D eigenvalue weighted by Crippen LogP contribution is -1.97. The van der Waals surface area contributed by atoms with Gasteiger partial charge in [-0.15, -0.1) is 12.4 Å². The van der Waals surface area contributed by atoms with Crippen LogP contribution in [0.2, 0.25) is 0 Å². The molecule has 4 nitrogen and oxygen atoms in total. The van der Waals surface area contributed by atoms with Gasteiger partial charge in [0.1, 0.15) is 30.3 Å². The van der Waals surface area contributed by atoms with Crippen LogP contribution in [-0.2, 0) is 6.61 Å². The second-order valence-corrected chi connectivity index (χ2v) is 5.81. The van der Waals surface area contributed by atoms with E-state index >= 15 is 0 Å². The lowest BCUT2D eigenvalue weighted by molar-refractivity contribution is 0.306. The molecule has 0 fully saturated rings. The Hall–Kier alpha value is -3.18. The molecule has 1 aromatic heterocycles. The van der Waals surface area contributed by atoms with Crippen molar-refractivity contribution in [2.75, 3.05) is 5.32 Å². The van der Waals surface area contributed by atoms with Gasteiger partial charge in [-0.05, 0) is 48.0 Å². The van der Waals surface area contributed by atoms with E-state index in [1.165, 1.54) is 18.5 Å². The largest absolute Gasteiger partial charge is 0.489 e. The third-order valence-corrected chi connectivity index (χ3v) is 3.96. The van der Waals surface area contributed by atoms with Gasteiger partial charge in [0.15, 0.2) is 0 Å². The van der Waals surface area contributed by atoms with Crippen molar-refractivity contribution >= 4 is 34.8 Å². The molecule has 27 heavy (non-hydrogen) atoms. The minimum Gasteiger partial charge on any atom is -0.489 e. The number of rotatable bonds is 5. The number of nitrogens with zero attached hydrogens (tertiary/aromatic N) is 2. The van der Waals surface area contributed by atoms with E-state index in [0.717, 1.165) is 17.0 Å². The van der Waals surface area contributed by atoms with Crippen LogP contribution in [0.25, 0.3) is 10.9 Å². The monoisotopic (exact) mass is 381 g/mol. The average Bonchev–Trinajstić information content (AvgIpc) is 2.69. The number of nitrogens with one attached hydrogen (secondary N) is 1. The summed E-state index contributed by atoms with van der Waals surface area (Å²) < 4.78 is 19.3. The summed E-state index contributed by atoms with van der Waals surface area (Å²) in [7, 11) is 0. The Balaban J connectivity index is 0.00000210. The molecule has 1 heterocycles. The zero-order valence-electron chi connectivity index (χ0n) is 14.3. The molecule has 0 unspecified atom stereocenters. The van der Waals surface area contributed by atoms with Gasteiger partial charge in [0.25, 0.3) is 0 Å². The molecule has 1 N–H and O–H groups in total. The number of benzene rings is 3. The lowest BCUT2D eigenvalue weighted by Gasteiger charge is -2.10. The summed E-state index contributed by atoms with van der Waals surface area (Å²) in [6, 6.07) is 22.0. The third kappa shape index (κ3) is 4.51. The normalized spacial score (nSPS) is 10.3. The number of fused-ring (bicyclic) bond motifs is 1. The molecule has 0 radical (unpaired) electrons. The van der Waals surface area contributed by atoms with Crippen LogP contribution in [0, 0.1) is 5.82 Å². The topological polar surface area (TPSA) is 47.0 Å². The molecule has 0 atom stereocenters. The van der Waals surface area contributed by atoms with Crippen molar-refractivity contribution in [2.24, 2.45) is 0 Å². The Morgan fingerprint density at radius 3 is 2.44 bits per heavy atom. The van der Waals surface area contributed by atoms with Crippen molar-refractivity contribution in [1.82, 2.24) is 9.97 Å². The Bertz CT molecular complexity index is 1030. The van der Waals surface area contributed by atoms with E-state index in [-0.39, 0.29) is 18.2 Å². The third-order valence-electron chi connectivity index (χ3n) is 3.96. The zero-order chi connectivity index (χ0) is 17.8. The number of halogens is 2. The average molecular weight is 382 g/mol. The second-order valence-electron chi connectivity index (χ2n) is 5.81. The first-order valence-corrected chi connectivity index (χ1v) is 8.22. The number of ether oxygens (including phenoxy) is 1. The van der Waals surface area contributed by atoms with E-state index in [0.29, 0.717) is 23.3 Å². The summed E-state index contributed by atoms with van der Waals surface area (Å²) in [4.78, 5) is 8.38. The van der Waals surface area contributed by atoms with Gasteiger partial charge in [-0.25, -0.2) is 14.4 Å². The fraction of sp³-hybridized carbons (Fsp3) is 0.0476. The van der Waals surface area contributed by atoms with Crippen LogP contribution in [0.4, 0.5) is 15.9 Å². The van der Waals surface area contributed by atoms with Gasteiger partial charge < -0.3 is 10.1 Å². The van der Waals surface area contributed by atoms with E-state index in [1.807, 2.05) is 54.6 Å². The summed E-state index contributed by atoms with van der Waals surface area (Å²) in [5.74, 6) is 1.02. The highest BCUT2D eigenvalue weighted by Gasteiger charge is 2.06. The number of aromatic nitrogens is 2. The molecule has 0 saturated carbocycles. The fourth-order valence-corrected chi connectivity index (χ4v) is 2.64. The number of hydrogen-bond acceptors (Lipinski definition) is 4. The molecular formula is C21H17ClFN3O.